The molecule has 23 heavy (non-hydrogen) atoms. The normalized spacial score (nSPS) is 10.4. The van der Waals surface area contributed by atoms with Gasteiger partial charge in [0.15, 0.2) is 0 Å². The van der Waals surface area contributed by atoms with Crippen LogP contribution in [0.3, 0.4) is 0 Å². The number of ether oxygens (including phenoxy) is 1. The number of rotatable bonds is 6. The Kier molecular flexibility index (Phi) is 5.57. The van der Waals surface area contributed by atoms with E-state index in [-0.39, 0.29) is 10.6 Å². The summed E-state index contributed by atoms with van der Waals surface area (Å²) in [4.78, 5) is 23.4. The Morgan fingerprint density at radius 2 is 2.17 bits per heavy atom. The number of halogens is 1. The number of carbonyl (C=O) groups is 1. The Morgan fingerprint density at radius 3 is 2.78 bits per heavy atom. The lowest BCUT2D eigenvalue weighted by molar-refractivity contribution is -0.385. The lowest BCUT2D eigenvalue weighted by Gasteiger charge is -2.12. The first-order chi connectivity index (χ1) is 10.9. The monoisotopic (exact) mass is 354 g/mol. The van der Waals surface area contributed by atoms with E-state index >= 15 is 0 Å². The maximum Gasteiger partial charge on any atom is 0.283 e. The quantitative estimate of drug-likeness (QED) is 0.604. The molecule has 1 aromatic heterocycles. The van der Waals surface area contributed by atoms with Gasteiger partial charge >= 0.3 is 0 Å². The largest absolute Gasteiger partial charge is 0.491 e. The molecule has 2 rings (SSSR count). The molecule has 0 aliphatic rings. The van der Waals surface area contributed by atoms with E-state index in [1.165, 1.54) is 6.07 Å². The van der Waals surface area contributed by atoms with Crippen molar-refractivity contribution in [2.24, 2.45) is 0 Å². The second-order valence-corrected chi connectivity index (χ2v) is 6.45. The zero-order valence-electron chi connectivity index (χ0n) is 12.6. The van der Waals surface area contributed by atoms with E-state index in [2.05, 4.69) is 5.32 Å². The minimum Gasteiger partial charge on any atom is -0.491 e. The van der Waals surface area contributed by atoms with Gasteiger partial charge in [0.05, 0.1) is 27.0 Å². The van der Waals surface area contributed by atoms with E-state index < -0.39 is 10.8 Å². The number of carbonyl (C=O) groups excluding carboxylic acids is 1. The van der Waals surface area contributed by atoms with Crippen LogP contribution in [0.2, 0.25) is 5.02 Å². The second-order valence-electron chi connectivity index (χ2n) is 4.75. The lowest BCUT2D eigenvalue weighted by Crippen LogP contribution is -2.11. The molecule has 0 unspecified atom stereocenters. The van der Waals surface area contributed by atoms with Crippen molar-refractivity contribution in [3.05, 3.63) is 49.2 Å². The highest BCUT2D eigenvalue weighted by atomic mass is 35.5. The van der Waals surface area contributed by atoms with Gasteiger partial charge in [0.1, 0.15) is 5.75 Å². The Labute approximate surface area is 142 Å². The molecule has 0 aliphatic carbocycles. The van der Waals surface area contributed by atoms with E-state index in [0.29, 0.717) is 27.9 Å². The molecule has 0 saturated heterocycles. The number of aryl methyl sites for hydroxylation is 1. The number of nitrogens with one attached hydrogen (secondary N) is 1. The van der Waals surface area contributed by atoms with Crippen molar-refractivity contribution in [1.29, 1.82) is 0 Å². The Morgan fingerprint density at radius 1 is 1.43 bits per heavy atom. The van der Waals surface area contributed by atoms with Gasteiger partial charge in [-0.3, -0.25) is 14.9 Å². The minimum atomic E-state index is -0.502. The standard InChI is InChI=1S/C15H15ClN2O4S/c1-3-6-22-13-5-4-10(16)7-11(13)17-15(19)14-8-12(18(20)21)9(2)23-14/h4-5,7-8H,3,6H2,1-2H3,(H,17,19). The van der Waals surface area contributed by atoms with Crippen molar-refractivity contribution in [3.63, 3.8) is 0 Å². The topological polar surface area (TPSA) is 81.5 Å². The number of thiophene rings is 1. The molecule has 122 valence electrons. The molecule has 1 heterocycles. The highest BCUT2D eigenvalue weighted by molar-refractivity contribution is 7.14. The van der Waals surface area contributed by atoms with Crippen molar-refractivity contribution in [3.8, 4) is 5.75 Å². The van der Waals surface area contributed by atoms with Gasteiger partial charge in [-0.1, -0.05) is 18.5 Å². The molecule has 0 radical (unpaired) electrons. The Hall–Kier alpha value is -2.12. The van der Waals surface area contributed by atoms with Gasteiger partial charge in [-0.25, -0.2) is 0 Å². The van der Waals surface area contributed by atoms with Gasteiger partial charge in [-0.15, -0.1) is 11.3 Å². The van der Waals surface area contributed by atoms with Crippen LogP contribution in [0.5, 0.6) is 5.75 Å². The number of benzene rings is 1. The first-order valence-corrected chi connectivity index (χ1v) is 8.10. The van der Waals surface area contributed by atoms with Crippen molar-refractivity contribution < 1.29 is 14.5 Å². The Bertz CT molecular complexity index is 745. The van der Waals surface area contributed by atoms with Crippen molar-refractivity contribution in [2.75, 3.05) is 11.9 Å². The van der Waals surface area contributed by atoms with E-state index in [1.54, 1.807) is 25.1 Å². The fraction of sp³-hybridized carbons (Fsp3) is 0.267. The zero-order chi connectivity index (χ0) is 17.0. The van der Waals surface area contributed by atoms with E-state index in [4.69, 9.17) is 16.3 Å². The molecule has 0 fully saturated rings. The van der Waals surface area contributed by atoms with E-state index in [0.717, 1.165) is 17.8 Å². The molecule has 6 nitrogen and oxygen atoms in total. The van der Waals surface area contributed by atoms with Crippen LogP contribution in [-0.2, 0) is 0 Å². The summed E-state index contributed by atoms with van der Waals surface area (Å²) in [5.74, 6) is 0.0715. The van der Waals surface area contributed by atoms with Crippen LogP contribution in [0.25, 0.3) is 0 Å². The average molecular weight is 355 g/mol. The molecule has 1 N–H and O–H groups in total. The van der Waals surface area contributed by atoms with Crippen molar-refractivity contribution in [1.82, 2.24) is 0 Å². The SMILES string of the molecule is CCCOc1ccc(Cl)cc1NC(=O)c1cc([N+](=O)[O-])c(C)s1. The predicted molar refractivity (Wildman–Crippen MR) is 90.9 cm³/mol. The first-order valence-electron chi connectivity index (χ1n) is 6.91. The maximum atomic E-state index is 12.3. The summed E-state index contributed by atoms with van der Waals surface area (Å²) in [6.07, 6.45) is 0.826. The molecule has 8 heteroatoms. The summed E-state index contributed by atoms with van der Waals surface area (Å²) < 4.78 is 5.57. The van der Waals surface area contributed by atoms with E-state index in [1.807, 2.05) is 6.92 Å². The first kappa shape index (κ1) is 17.2. The molecular weight excluding hydrogens is 340 g/mol. The van der Waals surface area contributed by atoms with Crippen LogP contribution >= 0.6 is 22.9 Å². The number of hydrogen-bond acceptors (Lipinski definition) is 5. The summed E-state index contributed by atoms with van der Waals surface area (Å²) in [6.45, 7) is 4.09. The van der Waals surface area contributed by atoms with Crippen LogP contribution in [-0.4, -0.2) is 17.4 Å². The third kappa shape index (κ3) is 4.20. The lowest BCUT2D eigenvalue weighted by atomic mass is 10.2. The van der Waals surface area contributed by atoms with Gasteiger partial charge in [0.25, 0.3) is 11.6 Å². The van der Waals surface area contributed by atoms with Crippen LogP contribution < -0.4 is 10.1 Å². The number of nitrogens with zero attached hydrogens (tertiary/aromatic N) is 1. The molecule has 1 amide bonds. The molecule has 0 aliphatic heterocycles. The molecule has 0 atom stereocenters. The summed E-state index contributed by atoms with van der Waals surface area (Å²) in [5, 5.41) is 14.0. The smallest absolute Gasteiger partial charge is 0.283 e. The molecule has 0 spiro atoms. The van der Waals surface area contributed by atoms with Crippen LogP contribution in [0.4, 0.5) is 11.4 Å². The molecular formula is C15H15ClN2O4S. The molecule has 2 aromatic rings. The summed E-state index contributed by atoms with van der Waals surface area (Å²) in [6, 6.07) is 6.20. The summed E-state index contributed by atoms with van der Waals surface area (Å²) in [5.41, 5.74) is 0.373. The Balaban J connectivity index is 2.24. The third-order valence-electron chi connectivity index (χ3n) is 2.96. The highest BCUT2D eigenvalue weighted by Crippen LogP contribution is 2.31. The van der Waals surface area contributed by atoms with Crippen molar-refractivity contribution in [2.45, 2.75) is 20.3 Å². The zero-order valence-corrected chi connectivity index (χ0v) is 14.2. The summed E-state index contributed by atoms with van der Waals surface area (Å²) in [7, 11) is 0. The van der Waals surface area contributed by atoms with Crippen molar-refractivity contribution >= 4 is 40.2 Å². The fourth-order valence-corrected chi connectivity index (χ4v) is 2.94. The predicted octanol–water partition coefficient (Wildman–Crippen LogP) is 4.66. The molecule has 0 saturated carbocycles. The van der Waals surface area contributed by atoms with Crippen LogP contribution in [0, 0.1) is 17.0 Å². The van der Waals surface area contributed by atoms with Gasteiger partial charge in [-0.2, -0.15) is 0 Å². The molecule has 0 bridgehead atoms. The van der Waals surface area contributed by atoms with Gasteiger partial charge < -0.3 is 10.1 Å². The fourth-order valence-electron chi connectivity index (χ4n) is 1.89. The van der Waals surface area contributed by atoms with Gasteiger partial charge in [-0.05, 0) is 31.5 Å². The highest BCUT2D eigenvalue weighted by Gasteiger charge is 2.20. The number of anilines is 1. The minimum absolute atomic E-state index is 0.0614. The number of amides is 1. The van der Waals surface area contributed by atoms with Crippen LogP contribution in [0.1, 0.15) is 27.9 Å². The summed E-state index contributed by atoms with van der Waals surface area (Å²) >= 11 is 7.03. The maximum absolute atomic E-state index is 12.3. The average Bonchev–Trinajstić information content (AvgIpc) is 2.89. The second kappa shape index (κ2) is 7.43. The molecule has 1 aromatic carbocycles. The van der Waals surface area contributed by atoms with Crippen LogP contribution in [0.15, 0.2) is 24.3 Å². The van der Waals surface area contributed by atoms with E-state index in [9.17, 15) is 14.9 Å². The van der Waals surface area contributed by atoms with Gasteiger partial charge in [0.2, 0.25) is 0 Å². The number of hydrogen-bond donors (Lipinski definition) is 1. The van der Waals surface area contributed by atoms with Gasteiger partial charge in [0, 0.05) is 11.1 Å². The number of nitro groups is 1. The third-order valence-corrected chi connectivity index (χ3v) is 4.24.